The van der Waals surface area contributed by atoms with Gasteiger partial charge in [-0.2, -0.15) is 0 Å². The molecular formula is C18H21NO5. The number of carboxylic acid groups (broad SMARTS) is 2. The molecule has 6 heteroatoms. The van der Waals surface area contributed by atoms with E-state index in [0.717, 1.165) is 12.0 Å². The molecule has 128 valence electrons. The fraction of sp³-hybridized carbons (Fsp3) is 0.500. The van der Waals surface area contributed by atoms with Crippen molar-refractivity contribution in [3.63, 3.8) is 0 Å². The zero-order valence-corrected chi connectivity index (χ0v) is 13.5. The zero-order chi connectivity index (χ0) is 17.4. The van der Waals surface area contributed by atoms with Crippen molar-refractivity contribution in [2.75, 3.05) is 0 Å². The van der Waals surface area contributed by atoms with Crippen LogP contribution in [-0.2, 0) is 20.9 Å². The lowest BCUT2D eigenvalue weighted by molar-refractivity contribution is -0.185. The summed E-state index contributed by atoms with van der Waals surface area (Å²) in [4.78, 5) is 37.9. The van der Waals surface area contributed by atoms with Gasteiger partial charge < -0.3 is 15.1 Å². The second-order valence-corrected chi connectivity index (χ2v) is 6.68. The first-order valence-corrected chi connectivity index (χ1v) is 8.25. The van der Waals surface area contributed by atoms with Gasteiger partial charge in [-0.3, -0.25) is 14.4 Å². The molecule has 5 atom stereocenters. The summed E-state index contributed by atoms with van der Waals surface area (Å²) in [6.45, 7) is 2.29. The van der Waals surface area contributed by atoms with Gasteiger partial charge in [-0.05, 0) is 17.9 Å². The fourth-order valence-corrected chi connectivity index (χ4v) is 4.43. The number of hydrogen-bond acceptors (Lipinski definition) is 3. The van der Waals surface area contributed by atoms with E-state index in [1.807, 2.05) is 37.3 Å². The van der Waals surface area contributed by atoms with Gasteiger partial charge >= 0.3 is 11.9 Å². The predicted octanol–water partition coefficient (Wildman–Crippen LogP) is 1.85. The predicted molar refractivity (Wildman–Crippen MR) is 84.9 cm³/mol. The largest absolute Gasteiger partial charge is 0.481 e. The van der Waals surface area contributed by atoms with Gasteiger partial charge in [0.15, 0.2) is 0 Å². The maximum atomic E-state index is 12.8. The molecule has 0 spiro atoms. The minimum Gasteiger partial charge on any atom is -0.481 e. The average molecular weight is 331 g/mol. The number of rotatable bonds is 5. The Kier molecular flexibility index (Phi) is 4.30. The molecule has 1 saturated carbocycles. The Balaban J connectivity index is 2.00. The molecule has 2 N–H and O–H groups in total. The summed E-state index contributed by atoms with van der Waals surface area (Å²) in [7, 11) is 0. The van der Waals surface area contributed by atoms with Crippen LogP contribution in [0, 0.1) is 23.7 Å². The number of nitrogens with zero attached hydrogens (tertiary/aromatic N) is 1. The number of amides is 1. The first-order valence-electron chi connectivity index (χ1n) is 8.25. The molecule has 24 heavy (non-hydrogen) atoms. The highest BCUT2D eigenvalue weighted by Crippen LogP contribution is 2.49. The highest BCUT2D eigenvalue weighted by molar-refractivity contribution is 5.92. The van der Waals surface area contributed by atoms with Crippen LogP contribution < -0.4 is 0 Å². The summed E-state index contributed by atoms with van der Waals surface area (Å²) in [5.41, 5.74) is 0.921. The topological polar surface area (TPSA) is 94.9 Å². The maximum Gasteiger partial charge on any atom is 0.309 e. The van der Waals surface area contributed by atoms with E-state index in [0.29, 0.717) is 13.0 Å². The third kappa shape index (κ3) is 2.56. The van der Waals surface area contributed by atoms with Crippen molar-refractivity contribution < 1.29 is 24.6 Å². The van der Waals surface area contributed by atoms with Gasteiger partial charge in [0, 0.05) is 12.6 Å². The van der Waals surface area contributed by atoms with Crippen LogP contribution in [0.3, 0.4) is 0 Å². The number of fused-ring (bicyclic) bond motifs is 3. The van der Waals surface area contributed by atoms with E-state index in [1.54, 1.807) is 4.90 Å². The number of carboxylic acids is 2. The fourth-order valence-electron chi connectivity index (χ4n) is 4.43. The monoisotopic (exact) mass is 331 g/mol. The second kappa shape index (κ2) is 6.26. The Hall–Kier alpha value is -2.37. The van der Waals surface area contributed by atoms with E-state index in [1.165, 1.54) is 0 Å². The number of carbonyl (C=O) groups excluding carboxylic acids is 1. The number of benzene rings is 1. The minimum atomic E-state index is -1.18. The number of aliphatic carboxylic acids is 2. The van der Waals surface area contributed by atoms with Crippen LogP contribution >= 0.6 is 0 Å². The van der Waals surface area contributed by atoms with Crippen molar-refractivity contribution in [1.82, 2.24) is 4.90 Å². The number of piperidine rings is 2. The Bertz CT molecular complexity index is 659. The van der Waals surface area contributed by atoms with Crippen LogP contribution in [0.1, 0.15) is 25.3 Å². The van der Waals surface area contributed by atoms with Crippen molar-refractivity contribution >= 4 is 17.8 Å². The van der Waals surface area contributed by atoms with Crippen molar-refractivity contribution in [1.29, 1.82) is 0 Å². The summed E-state index contributed by atoms with van der Waals surface area (Å²) in [5, 5.41) is 19.2. The van der Waals surface area contributed by atoms with Gasteiger partial charge in [-0.25, -0.2) is 0 Å². The lowest BCUT2D eigenvalue weighted by atomic mass is 9.59. The molecule has 2 heterocycles. The number of carbonyl (C=O) groups is 3. The molecule has 2 saturated heterocycles. The maximum absolute atomic E-state index is 12.8. The Morgan fingerprint density at radius 2 is 1.75 bits per heavy atom. The van der Waals surface area contributed by atoms with E-state index in [4.69, 9.17) is 0 Å². The van der Waals surface area contributed by atoms with Crippen molar-refractivity contribution in [3.8, 4) is 0 Å². The molecule has 2 bridgehead atoms. The molecule has 2 aliphatic heterocycles. The Morgan fingerprint density at radius 1 is 1.12 bits per heavy atom. The summed E-state index contributed by atoms with van der Waals surface area (Å²) < 4.78 is 0. The molecule has 0 aromatic heterocycles. The van der Waals surface area contributed by atoms with E-state index in [2.05, 4.69) is 0 Å². The van der Waals surface area contributed by atoms with Crippen LogP contribution in [0.15, 0.2) is 30.3 Å². The molecule has 1 aromatic carbocycles. The third-order valence-electron chi connectivity index (χ3n) is 5.48. The van der Waals surface area contributed by atoms with Gasteiger partial charge in [0.1, 0.15) is 0 Å². The Labute approximate surface area is 140 Å². The van der Waals surface area contributed by atoms with Gasteiger partial charge in [-0.15, -0.1) is 0 Å². The molecule has 0 radical (unpaired) electrons. The molecule has 1 aromatic rings. The summed E-state index contributed by atoms with van der Waals surface area (Å²) in [5.74, 6) is -5.43. The summed E-state index contributed by atoms with van der Waals surface area (Å²) in [6.07, 6.45) is 1.20. The van der Waals surface area contributed by atoms with Crippen LogP contribution in [0.25, 0.3) is 0 Å². The van der Waals surface area contributed by atoms with Crippen LogP contribution in [0.2, 0.25) is 0 Å². The average Bonchev–Trinajstić information content (AvgIpc) is 2.57. The molecule has 3 aliphatic rings. The molecule has 1 aliphatic carbocycles. The molecule has 3 fully saturated rings. The zero-order valence-electron chi connectivity index (χ0n) is 13.5. The van der Waals surface area contributed by atoms with E-state index in [9.17, 15) is 24.6 Å². The SMILES string of the molecule is CCC1CC2C(=O)N(Cc3ccccc3)C1C(C(=O)O)C2C(=O)O. The second-order valence-electron chi connectivity index (χ2n) is 6.68. The third-order valence-corrected chi connectivity index (χ3v) is 5.48. The van der Waals surface area contributed by atoms with Crippen LogP contribution in [0.4, 0.5) is 0 Å². The molecule has 4 rings (SSSR count). The lowest BCUT2D eigenvalue weighted by Crippen LogP contribution is -2.66. The smallest absolute Gasteiger partial charge is 0.309 e. The molecule has 6 nitrogen and oxygen atoms in total. The molecule has 1 amide bonds. The quantitative estimate of drug-likeness (QED) is 0.858. The van der Waals surface area contributed by atoms with Crippen molar-refractivity contribution in [3.05, 3.63) is 35.9 Å². The van der Waals surface area contributed by atoms with E-state index in [-0.39, 0.29) is 11.8 Å². The van der Waals surface area contributed by atoms with Gasteiger partial charge in [0.2, 0.25) is 5.91 Å². The lowest BCUT2D eigenvalue weighted by Gasteiger charge is -2.54. The standard InChI is InChI=1S/C18H21NO5/c1-2-11-8-12-13(17(21)22)14(18(23)24)15(11)19(16(12)20)9-10-6-4-3-5-7-10/h3-7,11-15H,2,8-9H2,1H3,(H,21,22)(H,23,24). The summed E-state index contributed by atoms with van der Waals surface area (Å²) >= 11 is 0. The Morgan fingerprint density at radius 3 is 2.29 bits per heavy atom. The first-order chi connectivity index (χ1) is 11.5. The highest BCUT2D eigenvalue weighted by atomic mass is 16.4. The van der Waals surface area contributed by atoms with E-state index >= 15 is 0 Å². The van der Waals surface area contributed by atoms with Crippen LogP contribution in [0.5, 0.6) is 0 Å². The molecule has 5 unspecified atom stereocenters. The van der Waals surface area contributed by atoms with Crippen molar-refractivity contribution in [2.45, 2.75) is 32.4 Å². The summed E-state index contributed by atoms with van der Waals surface area (Å²) in [6, 6.07) is 8.83. The van der Waals surface area contributed by atoms with Crippen molar-refractivity contribution in [2.24, 2.45) is 23.7 Å². The normalized spacial score (nSPS) is 32.0. The number of hydrogen-bond donors (Lipinski definition) is 2. The molecular weight excluding hydrogens is 310 g/mol. The van der Waals surface area contributed by atoms with Gasteiger partial charge in [0.05, 0.1) is 17.8 Å². The van der Waals surface area contributed by atoms with Crippen LogP contribution in [-0.4, -0.2) is 39.0 Å². The van der Waals surface area contributed by atoms with E-state index < -0.39 is 35.7 Å². The highest BCUT2D eigenvalue weighted by Gasteiger charge is 2.60. The first kappa shape index (κ1) is 16.5. The van der Waals surface area contributed by atoms with Gasteiger partial charge in [0.25, 0.3) is 0 Å². The van der Waals surface area contributed by atoms with Gasteiger partial charge in [-0.1, -0.05) is 43.7 Å². The minimum absolute atomic E-state index is 0.0214.